The zero-order chi connectivity index (χ0) is 13.4. The molecule has 0 unspecified atom stereocenters. The summed E-state index contributed by atoms with van der Waals surface area (Å²) in [5, 5.41) is 9.65. The van der Waals surface area contributed by atoms with E-state index in [1.165, 1.54) is 4.90 Å². The first-order chi connectivity index (χ1) is 9.16. The minimum Gasteiger partial charge on any atom is -0.393 e. The first-order valence-corrected chi connectivity index (χ1v) is 6.74. The highest BCUT2D eigenvalue weighted by molar-refractivity contribution is 6.05. The number of hydrogen-bond acceptors (Lipinski definition) is 3. The predicted octanol–water partition coefficient (Wildman–Crippen LogP) is 1.33. The number of rotatable bonds is 2. The molecule has 100 valence electrons. The van der Waals surface area contributed by atoms with E-state index in [1.807, 2.05) is 30.3 Å². The van der Waals surface area contributed by atoms with Crippen molar-refractivity contribution in [2.24, 2.45) is 11.8 Å². The average molecular weight is 259 g/mol. The first kappa shape index (κ1) is 12.4. The van der Waals surface area contributed by atoms with Crippen LogP contribution in [-0.4, -0.2) is 27.9 Å². The second kappa shape index (κ2) is 4.78. The minimum atomic E-state index is -0.435. The maximum Gasteiger partial charge on any atom is 0.233 e. The Labute approximate surface area is 112 Å². The highest BCUT2D eigenvalue weighted by Crippen LogP contribution is 2.38. The zero-order valence-corrected chi connectivity index (χ0v) is 10.7. The van der Waals surface area contributed by atoms with Gasteiger partial charge in [0.15, 0.2) is 0 Å². The third-order valence-corrected chi connectivity index (χ3v) is 4.17. The second-order valence-corrected chi connectivity index (χ2v) is 5.43. The lowest BCUT2D eigenvalue weighted by Gasteiger charge is -2.24. The van der Waals surface area contributed by atoms with E-state index in [1.54, 1.807) is 0 Å². The molecule has 1 N–H and O–H groups in total. The van der Waals surface area contributed by atoms with Crippen molar-refractivity contribution in [2.75, 3.05) is 0 Å². The van der Waals surface area contributed by atoms with Crippen molar-refractivity contribution in [3.8, 4) is 0 Å². The minimum absolute atomic E-state index is 0.0641. The van der Waals surface area contributed by atoms with Crippen LogP contribution >= 0.6 is 0 Å². The molecule has 3 rings (SSSR count). The van der Waals surface area contributed by atoms with Crippen molar-refractivity contribution in [3.63, 3.8) is 0 Å². The fourth-order valence-electron chi connectivity index (χ4n) is 3.15. The monoisotopic (exact) mass is 259 g/mol. The number of benzene rings is 1. The molecule has 1 aliphatic heterocycles. The lowest BCUT2D eigenvalue weighted by Crippen LogP contribution is -2.30. The van der Waals surface area contributed by atoms with E-state index in [9.17, 15) is 14.7 Å². The van der Waals surface area contributed by atoms with Gasteiger partial charge in [0.1, 0.15) is 0 Å². The number of hydrogen-bond donors (Lipinski definition) is 1. The van der Waals surface area contributed by atoms with Crippen LogP contribution in [-0.2, 0) is 16.1 Å². The molecule has 0 radical (unpaired) electrons. The van der Waals surface area contributed by atoms with E-state index < -0.39 is 6.10 Å². The van der Waals surface area contributed by atoms with Crippen molar-refractivity contribution in [1.82, 2.24) is 4.90 Å². The molecular formula is C15H17NO3. The van der Waals surface area contributed by atoms with Gasteiger partial charge in [0.05, 0.1) is 24.5 Å². The summed E-state index contributed by atoms with van der Waals surface area (Å²) < 4.78 is 0. The van der Waals surface area contributed by atoms with E-state index in [2.05, 4.69) is 0 Å². The highest BCUT2D eigenvalue weighted by atomic mass is 16.3. The maximum atomic E-state index is 12.3. The number of nitrogens with zero attached hydrogens (tertiary/aromatic N) is 1. The van der Waals surface area contributed by atoms with E-state index in [0.29, 0.717) is 25.8 Å². The Balaban J connectivity index is 1.80. The predicted molar refractivity (Wildman–Crippen MR) is 68.8 cm³/mol. The van der Waals surface area contributed by atoms with Gasteiger partial charge in [0.2, 0.25) is 11.8 Å². The van der Waals surface area contributed by atoms with Crippen LogP contribution in [0.25, 0.3) is 0 Å². The number of fused-ring (bicyclic) bond motifs is 1. The van der Waals surface area contributed by atoms with Gasteiger partial charge in [0, 0.05) is 0 Å². The number of likely N-dealkylation sites (tertiary alicyclic amines) is 1. The molecule has 1 heterocycles. The number of aliphatic hydroxyl groups excluding tert-OH is 1. The molecule has 1 aromatic carbocycles. The van der Waals surface area contributed by atoms with Crippen molar-refractivity contribution in [3.05, 3.63) is 35.9 Å². The molecule has 1 saturated heterocycles. The van der Waals surface area contributed by atoms with Gasteiger partial charge in [-0.3, -0.25) is 14.5 Å². The third kappa shape index (κ3) is 2.16. The average Bonchev–Trinajstić information content (AvgIpc) is 2.65. The summed E-state index contributed by atoms with van der Waals surface area (Å²) in [4.78, 5) is 25.9. The molecule has 0 aromatic heterocycles. The van der Waals surface area contributed by atoms with Gasteiger partial charge in [-0.15, -0.1) is 0 Å². The molecule has 2 amide bonds. The van der Waals surface area contributed by atoms with Crippen molar-refractivity contribution in [2.45, 2.75) is 31.9 Å². The SMILES string of the molecule is O=C1[C@H]2C[C@@H](O)CC[C@H]2C(=O)N1Cc1ccccc1. The molecule has 1 aliphatic carbocycles. The van der Waals surface area contributed by atoms with Crippen molar-refractivity contribution in [1.29, 1.82) is 0 Å². The molecule has 19 heavy (non-hydrogen) atoms. The van der Waals surface area contributed by atoms with Crippen LogP contribution in [0, 0.1) is 11.8 Å². The molecule has 3 atom stereocenters. The molecule has 0 spiro atoms. The van der Waals surface area contributed by atoms with Crippen LogP contribution in [0.15, 0.2) is 30.3 Å². The summed E-state index contributed by atoms with van der Waals surface area (Å²) in [6.07, 6.45) is 1.25. The van der Waals surface area contributed by atoms with Crippen LogP contribution in [0.2, 0.25) is 0 Å². The zero-order valence-electron chi connectivity index (χ0n) is 10.7. The van der Waals surface area contributed by atoms with Crippen LogP contribution in [0.1, 0.15) is 24.8 Å². The molecule has 2 aliphatic rings. The molecule has 1 aromatic rings. The van der Waals surface area contributed by atoms with Gasteiger partial charge in [-0.2, -0.15) is 0 Å². The van der Waals surface area contributed by atoms with Gasteiger partial charge < -0.3 is 5.11 Å². The smallest absolute Gasteiger partial charge is 0.233 e. The number of aliphatic hydroxyl groups is 1. The van der Waals surface area contributed by atoms with Gasteiger partial charge in [0.25, 0.3) is 0 Å². The Morgan fingerprint density at radius 1 is 1.05 bits per heavy atom. The van der Waals surface area contributed by atoms with Gasteiger partial charge in [-0.05, 0) is 24.8 Å². The molecule has 4 nitrogen and oxygen atoms in total. The standard InChI is InChI=1S/C15H17NO3/c17-11-6-7-12-13(8-11)15(19)16(14(12)18)9-10-4-2-1-3-5-10/h1-5,11-13,17H,6-9H2/t11-,12+,13-/m0/s1. The van der Waals surface area contributed by atoms with Gasteiger partial charge in [-0.25, -0.2) is 0 Å². The second-order valence-electron chi connectivity index (χ2n) is 5.43. The van der Waals surface area contributed by atoms with E-state index in [-0.39, 0.29) is 23.7 Å². The summed E-state index contributed by atoms with van der Waals surface area (Å²) in [6, 6.07) is 9.54. The van der Waals surface area contributed by atoms with Crippen molar-refractivity contribution < 1.29 is 14.7 Å². The fraction of sp³-hybridized carbons (Fsp3) is 0.467. The normalized spacial score (nSPS) is 30.6. The number of carbonyl (C=O) groups excluding carboxylic acids is 2. The molecule has 4 heteroatoms. The maximum absolute atomic E-state index is 12.3. The quantitative estimate of drug-likeness (QED) is 0.815. The topological polar surface area (TPSA) is 57.6 Å². The summed E-state index contributed by atoms with van der Waals surface area (Å²) in [5.74, 6) is -0.692. The largest absolute Gasteiger partial charge is 0.393 e. The lowest BCUT2D eigenvalue weighted by atomic mass is 9.80. The summed E-state index contributed by atoms with van der Waals surface area (Å²) in [5.41, 5.74) is 0.961. The Morgan fingerprint density at radius 2 is 1.74 bits per heavy atom. The van der Waals surface area contributed by atoms with E-state index in [4.69, 9.17) is 0 Å². The molecule has 2 fully saturated rings. The number of imide groups is 1. The van der Waals surface area contributed by atoms with E-state index in [0.717, 1.165) is 5.56 Å². The van der Waals surface area contributed by atoms with E-state index >= 15 is 0 Å². The van der Waals surface area contributed by atoms with Crippen LogP contribution in [0.3, 0.4) is 0 Å². The fourth-order valence-corrected chi connectivity index (χ4v) is 3.15. The third-order valence-electron chi connectivity index (χ3n) is 4.17. The molecule has 1 saturated carbocycles. The molecular weight excluding hydrogens is 242 g/mol. The van der Waals surface area contributed by atoms with Gasteiger partial charge >= 0.3 is 0 Å². The Bertz CT molecular complexity index is 499. The number of amides is 2. The summed E-state index contributed by atoms with van der Waals surface area (Å²) >= 11 is 0. The molecule has 0 bridgehead atoms. The summed E-state index contributed by atoms with van der Waals surface area (Å²) in [7, 11) is 0. The summed E-state index contributed by atoms with van der Waals surface area (Å²) in [6.45, 7) is 0.349. The lowest BCUT2D eigenvalue weighted by molar-refractivity contribution is -0.140. The number of carbonyl (C=O) groups is 2. The Kier molecular flexibility index (Phi) is 3.11. The van der Waals surface area contributed by atoms with Crippen LogP contribution in [0.4, 0.5) is 0 Å². The highest BCUT2D eigenvalue weighted by Gasteiger charge is 2.49. The van der Waals surface area contributed by atoms with Crippen LogP contribution < -0.4 is 0 Å². The van der Waals surface area contributed by atoms with Gasteiger partial charge in [-0.1, -0.05) is 30.3 Å². The first-order valence-electron chi connectivity index (χ1n) is 6.74. The Hall–Kier alpha value is -1.68. The Morgan fingerprint density at radius 3 is 2.47 bits per heavy atom. The van der Waals surface area contributed by atoms with Crippen molar-refractivity contribution >= 4 is 11.8 Å². The van der Waals surface area contributed by atoms with Crippen LogP contribution in [0.5, 0.6) is 0 Å².